The second kappa shape index (κ2) is 7.65. The normalized spacial score (nSPS) is 11.0. The first-order valence-corrected chi connectivity index (χ1v) is 7.07. The summed E-state index contributed by atoms with van der Waals surface area (Å²) in [5.41, 5.74) is 2.25. The molecule has 102 valence electrons. The van der Waals surface area contributed by atoms with E-state index < -0.39 is 0 Å². The van der Waals surface area contributed by atoms with Gasteiger partial charge in [-0.05, 0) is 49.1 Å². The molecule has 0 spiro atoms. The third-order valence-corrected chi connectivity index (χ3v) is 3.28. The minimum atomic E-state index is 0.418. The monoisotopic (exact) mass is 269 g/mol. The summed E-state index contributed by atoms with van der Waals surface area (Å²) in [6.07, 6.45) is 1.15. The minimum Gasteiger partial charge on any atom is -0.492 e. The predicted molar refractivity (Wildman–Crippen MR) is 78.9 cm³/mol. The van der Waals surface area contributed by atoms with E-state index in [0.717, 1.165) is 35.8 Å². The molecular weight excluding hydrogens is 246 g/mol. The van der Waals surface area contributed by atoms with E-state index in [9.17, 15) is 0 Å². The van der Waals surface area contributed by atoms with Gasteiger partial charge in [-0.1, -0.05) is 32.4 Å². The Hall–Kier alpha value is -0.730. The number of aryl methyl sites for hydroxylation is 1. The van der Waals surface area contributed by atoms with Crippen LogP contribution in [0.5, 0.6) is 5.75 Å². The van der Waals surface area contributed by atoms with Crippen molar-refractivity contribution in [3.8, 4) is 5.75 Å². The van der Waals surface area contributed by atoms with Crippen LogP contribution >= 0.6 is 11.6 Å². The van der Waals surface area contributed by atoms with Crippen LogP contribution in [-0.2, 0) is 0 Å². The van der Waals surface area contributed by atoms with Crippen molar-refractivity contribution in [2.45, 2.75) is 40.0 Å². The molecule has 18 heavy (non-hydrogen) atoms. The van der Waals surface area contributed by atoms with Gasteiger partial charge in [-0.25, -0.2) is 0 Å². The molecule has 0 aromatic heterocycles. The molecule has 0 bridgehead atoms. The zero-order valence-electron chi connectivity index (χ0n) is 11.8. The van der Waals surface area contributed by atoms with Crippen LogP contribution in [0.25, 0.3) is 0 Å². The number of hydrogen-bond donors (Lipinski definition) is 1. The summed E-state index contributed by atoms with van der Waals surface area (Å²) in [4.78, 5) is 0. The van der Waals surface area contributed by atoms with E-state index >= 15 is 0 Å². The third kappa shape index (κ3) is 4.51. The molecule has 0 aliphatic heterocycles. The molecule has 2 nitrogen and oxygen atoms in total. The fraction of sp³-hybridized carbons (Fsp3) is 0.600. The van der Waals surface area contributed by atoms with Crippen LogP contribution in [0, 0.1) is 6.92 Å². The summed E-state index contributed by atoms with van der Waals surface area (Å²) in [6, 6.07) is 4.06. The zero-order chi connectivity index (χ0) is 13.5. The van der Waals surface area contributed by atoms with Crippen molar-refractivity contribution in [3.63, 3.8) is 0 Å². The second-order valence-corrected chi connectivity index (χ2v) is 5.30. The van der Waals surface area contributed by atoms with E-state index in [4.69, 9.17) is 16.3 Å². The summed E-state index contributed by atoms with van der Waals surface area (Å²) >= 11 is 6.16. The first-order valence-electron chi connectivity index (χ1n) is 6.69. The molecule has 0 unspecified atom stereocenters. The first kappa shape index (κ1) is 15.3. The minimum absolute atomic E-state index is 0.418. The molecule has 0 heterocycles. The van der Waals surface area contributed by atoms with Crippen molar-refractivity contribution in [1.29, 1.82) is 0 Å². The maximum atomic E-state index is 6.16. The SMILES string of the molecule is CCCNCCOc1cc(C)c(Cl)cc1C(C)C. The summed E-state index contributed by atoms with van der Waals surface area (Å²) in [7, 11) is 0. The number of nitrogens with one attached hydrogen (secondary N) is 1. The van der Waals surface area contributed by atoms with E-state index in [0.29, 0.717) is 12.5 Å². The topological polar surface area (TPSA) is 21.3 Å². The highest BCUT2D eigenvalue weighted by Gasteiger charge is 2.10. The van der Waals surface area contributed by atoms with E-state index in [1.165, 1.54) is 5.56 Å². The van der Waals surface area contributed by atoms with Gasteiger partial charge in [0.05, 0.1) is 0 Å². The van der Waals surface area contributed by atoms with Crippen LogP contribution in [-0.4, -0.2) is 19.7 Å². The maximum Gasteiger partial charge on any atom is 0.123 e. The largest absolute Gasteiger partial charge is 0.492 e. The number of ether oxygens (including phenoxy) is 1. The van der Waals surface area contributed by atoms with Crippen molar-refractivity contribution in [2.24, 2.45) is 0 Å². The molecule has 1 rings (SSSR count). The number of halogens is 1. The van der Waals surface area contributed by atoms with E-state index in [2.05, 4.69) is 26.1 Å². The van der Waals surface area contributed by atoms with Gasteiger partial charge in [-0.15, -0.1) is 0 Å². The van der Waals surface area contributed by atoms with Crippen molar-refractivity contribution in [2.75, 3.05) is 19.7 Å². The Morgan fingerprint density at radius 1 is 1.28 bits per heavy atom. The Morgan fingerprint density at radius 3 is 2.61 bits per heavy atom. The Balaban J connectivity index is 2.65. The highest BCUT2D eigenvalue weighted by atomic mass is 35.5. The first-order chi connectivity index (χ1) is 8.56. The van der Waals surface area contributed by atoms with Crippen molar-refractivity contribution < 1.29 is 4.74 Å². The lowest BCUT2D eigenvalue weighted by atomic mass is 10.0. The van der Waals surface area contributed by atoms with Crippen LogP contribution in [0.4, 0.5) is 0 Å². The van der Waals surface area contributed by atoms with Crippen LogP contribution < -0.4 is 10.1 Å². The van der Waals surface area contributed by atoms with Gasteiger partial charge in [0.25, 0.3) is 0 Å². The molecular formula is C15H24ClNO. The molecule has 3 heteroatoms. The van der Waals surface area contributed by atoms with Crippen molar-refractivity contribution in [1.82, 2.24) is 5.32 Å². The molecule has 0 radical (unpaired) electrons. The Labute approximate surface area is 116 Å². The average Bonchev–Trinajstić information content (AvgIpc) is 2.32. The fourth-order valence-electron chi connectivity index (χ4n) is 1.78. The smallest absolute Gasteiger partial charge is 0.123 e. The van der Waals surface area contributed by atoms with E-state index in [-0.39, 0.29) is 0 Å². The number of hydrogen-bond acceptors (Lipinski definition) is 2. The van der Waals surface area contributed by atoms with Gasteiger partial charge < -0.3 is 10.1 Å². The molecule has 0 aliphatic rings. The summed E-state index contributed by atoms with van der Waals surface area (Å²) in [6.45, 7) is 11.1. The molecule has 0 saturated carbocycles. The maximum absolute atomic E-state index is 6.16. The van der Waals surface area contributed by atoms with Gasteiger partial charge >= 0.3 is 0 Å². The molecule has 0 aliphatic carbocycles. The Kier molecular flexibility index (Phi) is 6.51. The van der Waals surface area contributed by atoms with Crippen LogP contribution in [0.2, 0.25) is 5.02 Å². The quantitative estimate of drug-likeness (QED) is 0.751. The molecule has 0 atom stereocenters. The van der Waals surface area contributed by atoms with Gasteiger partial charge in [0, 0.05) is 11.6 Å². The summed E-state index contributed by atoms with van der Waals surface area (Å²) < 4.78 is 5.86. The molecule has 0 fully saturated rings. The number of benzene rings is 1. The third-order valence-electron chi connectivity index (χ3n) is 2.88. The summed E-state index contributed by atoms with van der Waals surface area (Å²) in [5.74, 6) is 1.38. The van der Waals surface area contributed by atoms with Gasteiger partial charge in [-0.2, -0.15) is 0 Å². The van der Waals surface area contributed by atoms with Gasteiger partial charge in [0.1, 0.15) is 12.4 Å². The average molecular weight is 270 g/mol. The predicted octanol–water partition coefficient (Wildman–Crippen LogP) is 4.15. The van der Waals surface area contributed by atoms with E-state index in [1.54, 1.807) is 0 Å². The van der Waals surface area contributed by atoms with Crippen LogP contribution in [0.15, 0.2) is 12.1 Å². The Morgan fingerprint density at radius 2 is 2.00 bits per heavy atom. The van der Waals surface area contributed by atoms with Gasteiger partial charge in [0.2, 0.25) is 0 Å². The lowest BCUT2D eigenvalue weighted by Crippen LogP contribution is -2.21. The Bertz CT molecular complexity index is 377. The van der Waals surface area contributed by atoms with Crippen molar-refractivity contribution >= 4 is 11.6 Å². The zero-order valence-corrected chi connectivity index (χ0v) is 12.6. The van der Waals surface area contributed by atoms with E-state index in [1.807, 2.05) is 19.1 Å². The molecule has 1 N–H and O–H groups in total. The highest BCUT2D eigenvalue weighted by Crippen LogP contribution is 2.31. The van der Waals surface area contributed by atoms with Gasteiger partial charge in [-0.3, -0.25) is 0 Å². The molecule has 0 saturated heterocycles. The van der Waals surface area contributed by atoms with Crippen molar-refractivity contribution in [3.05, 3.63) is 28.3 Å². The van der Waals surface area contributed by atoms with Crippen LogP contribution in [0.1, 0.15) is 44.2 Å². The molecule has 0 amide bonds. The molecule has 1 aromatic rings. The lowest BCUT2D eigenvalue weighted by Gasteiger charge is -2.16. The van der Waals surface area contributed by atoms with Crippen LogP contribution in [0.3, 0.4) is 0 Å². The lowest BCUT2D eigenvalue weighted by molar-refractivity contribution is 0.310. The fourth-order valence-corrected chi connectivity index (χ4v) is 1.95. The molecule has 1 aromatic carbocycles. The highest BCUT2D eigenvalue weighted by molar-refractivity contribution is 6.31. The number of rotatable bonds is 7. The van der Waals surface area contributed by atoms with Gasteiger partial charge in [0.15, 0.2) is 0 Å². The summed E-state index contributed by atoms with van der Waals surface area (Å²) in [5, 5.41) is 4.14. The second-order valence-electron chi connectivity index (χ2n) is 4.89. The standard InChI is InChI=1S/C15H24ClNO/c1-5-6-17-7-8-18-15-9-12(4)14(16)10-13(15)11(2)3/h9-11,17H,5-8H2,1-4H3.